The second kappa shape index (κ2) is 11.3. The quantitative estimate of drug-likeness (QED) is 0.414. The molecule has 0 radical (unpaired) electrons. The Morgan fingerprint density at radius 1 is 1.05 bits per heavy atom. The molecule has 38 heavy (non-hydrogen) atoms. The lowest BCUT2D eigenvalue weighted by Gasteiger charge is -2.25. The van der Waals surface area contributed by atoms with Crippen molar-refractivity contribution in [1.29, 1.82) is 0 Å². The van der Waals surface area contributed by atoms with Crippen molar-refractivity contribution in [1.82, 2.24) is 0 Å². The minimum atomic E-state index is -4.34. The van der Waals surface area contributed by atoms with E-state index >= 15 is 0 Å². The highest BCUT2D eigenvalue weighted by Gasteiger charge is 2.29. The molecule has 4 rings (SSSR count). The standard InChI is InChI=1S/C26H25ClFN3O6S/c1-36-23-12-10-20(15-24(23)37-2)38(34,35)31(19-9-11-22(28)21(27)14-19)16-25(32)29-17-5-7-18(8-6-17)30-13-3-4-26(30)33/h5-12,14-15H,3-4,13,16H2,1-2H3,(H,29,32). The Kier molecular flexibility index (Phi) is 8.08. The van der Waals surface area contributed by atoms with E-state index in [1.54, 1.807) is 29.2 Å². The van der Waals surface area contributed by atoms with E-state index < -0.39 is 28.3 Å². The highest BCUT2D eigenvalue weighted by atomic mass is 35.5. The van der Waals surface area contributed by atoms with Gasteiger partial charge in [-0.1, -0.05) is 11.6 Å². The number of nitrogens with one attached hydrogen (secondary N) is 1. The Balaban J connectivity index is 1.62. The van der Waals surface area contributed by atoms with E-state index in [1.165, 1.54) is 38.5 Å². The summed E-state index contributed by atoms with van der Waals surface area (Å²) in [5, 5.41) is 2.36. The predicted octanol–water partition coefficient (Wildman–Crippen LogP) is 4.46. The van der Waals surface area contributed by atoms with Crippen molar-refractivity contribution in [3.05, 3.63) is 71.5 Å². The topological polar surface area (TPSA) is 105 Å². The largest absolute Gasteiger partial charge is 0.493 e. The Bertz CT molecular complexity index is 1470. The number of rotatable bonds is 9. The minimum absolute atomic E-state index is 0.00997. The fourth-order valence-electron chi connectivity index (χ4n) is 4.04. The van der Waals surface area contributed by atoms with Crippen LogP contribution in [0, 0.1) is 5.82 Å². The van der Waals surface area contributed by atoms with Gasteiger partial charge in [0.1, 0.15) is 12.4 Å². The van der Waals surface area contributed by atoms with E-state index in [0.717, 1.165) is 22.9 Å². The van der Waals surface area contributed by atoms with Gasteiger partial charge < -0.3 is 19.7 Å². The monoisotopic (exact) mass is 561 g/mol. The van der Waals surface area contributed by atoms with Gasteiger partial charge in [0.15, 0.2) is 11.5 Å². The van der Waals surface area contributed by atoms with Crippen molar-refractivity contribution >= 4 is 50.5 Å². The van der Waals surface area contributed by atoms with Gasteiger partial charge in [-0.05, 0) is 61.0 Å². The number of benzene rings is 3. The van der Waals surface area contributed by atoms with Crippen LogP contribution in [0.5, 0.6) is 11.5 Å². The summed E-state index contributed by atoms with van der Waals surface area (Å²) in [5.41, 5.74) is 1.11. The molecule has 3 aromatic rings. The number of hydrogen-bond acceptors (Lipinski definition) is 6. The maximum absolute atomic E-state index is 13.8. The normalized spacial score (nSPS) is 13.4. The summed E-state index contributed by atoms with van der Waals surface area (Å²) in [6.07, 6.45) is 1.28. The summed E-state index contributed by atoms with van der Waals surface area (Å²) in [6.45, 7) is -0.00125. The molecule has 1 N–H and O–H groups in total. The van der Waals surface area contributed by atoms with Crippen LogP contribution >= 0.6 is 11.6 Å². The Morgan fingerprint density at radius 3 is 2.37 bits per heavy atom. The third-order valence-electron chi connectivity index (χ3n) is 5.96. The number of hydrogen-bond donors (Lipinski definition) is 1. The van der Waals surface area contributed by atoms with Gasteiger partial charge in [0.2, 0.25) is 11.8 Å². The number of nitrogens with zero attached hydrogens (tertiary/aromatic N) is 2. The molecule has 1 aliphatic rings. The maximum Gasteiger partial charge on any atom is 0.264 e. The molecule has 1 heterocycles. The zero-order chi connectivity index (χ0) is 27.4. The molecule has 3 aromatic carbocycles. The van der Waals surface area contributed by atoms with Crippen molar-refractivity contribution in [2.24, 2.45) is 0 Å². The van der Waals surface area contributed by atoms with Crippen molar-refractivity contribution in [3.8, 4) is 11.5 Å². The summed E-state index contributed by atoms with van der Waals surface area (Å²) in [4.78, 5) is 26.5. The number of sulfonamides is 1. The molecular formula is C26H25ClFN3O6S. The number of ether oxygens (including phenoxy) is 2. The van der Waals surface area contributed by atoms with Crippen LogP contribution in [0.4, 0.5) is 21.5 Å². The molecule has 0 atom stereocenters. The lowest BCUT2D eigenvalue weighted by Crippen LogP contribution is -2.38. The summed E-state index contributed by atoms with van der Waals surface area (Å²) >= 11 is 5.92. The van der Waals surface area contributed by atoms with Crippen molar-refractivity contribution in [3.63, 3.8) is 0 Å². The predicted molar refractivity (Wildman–Crippen MR) is 142 cm³/mol. The number of carbonyl (C=O) groups is 2. The fraction of sp³-hybridized carbons (Fsp3) is 0.231. The van der Waals surface area contributed by atoms with Gasteiger partial charge >= 0.3 is 0 Å². The summed E-state index contributed by atoms with van der Waals surface area (Å²) in [6, 6.07) is 14.0. The van der Waals surface area contributed by atoms with Crippen LogP contribution in [0.2, 0.25) is 5.02 Å². The molecule has 9 nitrogen and oxygen atoms in total. The van der Waals surface area contributed by atoms with Crippen LogP contribution in [0.1, 0.15) is 12.8 Å². The van der Waals surface area contributed by atoms with Crippen LogP contribution in [0.3, 0.4) is 0 Å². The highest BCUT2D eigenvalue weighted by Crippen LogP contribution is 2.33. The number of methoxy groups -OCH3 is 2. The highest BCUT2D eigenvalue weighted by molar-refractivity contribution is 7.92. The lowest BCUT2D eigenvalue weighted by atomic mass is 10.2. The zero-order valence-electron chi connectivity index (χ0n) is 20.6. The second-order valence-corrected chi connectivity index (χ2v) is 10.6. The van der Waals surface area contributed by atoms with Crippen molar-refractivity contribution < 1.29 is 31.9 Å². The molecule has 0 bridgehead atoms. The first-order chi connectivity index (χ1) is 18.1. The summed E-state index contributed by atoms with van der Waals surface area (Å²) < 4.78 is 52.4. The third-order valence-corrected chi connectivity index (χ3v) is 8.02. The molecule has 1 aliphatic heterocycles. The number of anilines is 3. The van der Waals surface area contributed by atoms with Gasteiger partial charge in [0.05, 0.1) is 29.8 Å². The van der Waals surface area contributed by atoms with E-state index in [1.807, 2.05) is 0 Å². The molecule has 0 aliphatic carbocycles. The van der Waals surface area contributed by atoms with Gasteiger partial charge in [-0.2, -0.15) is 0 Å². The van der Waals surface area contributed by atoms with Crippen molar-refractivity contribution in [2.75, 3.05) is 41.8 Å². The average molecular weight is 562 g/mol. The fourth-order valence-corrected chi connectivity index (χ4v) is 5.64. The molecule has 1 fully saturated rings. The van der Waals surface area contributed by atoms with Gasteiger partial charge in [0, 0.05) is 30.4 Å². The zero-order valence-corrected chi connectivity index (χ0v) is 22.2. The first-order valence-electron chi connectivity index (χ1n) is 11.5. The minimum Gasteiger partial charge on any atom is -0.493 e. The first kappa shape index (κ1) is 27.2. The molecular weight excluding hydrogens is 537 g/mol. The molecule has 200 valence electrons. The van der Waals surface area contributed by atoms with E-state index in [9.17, 15) is 22.4 Å². The molecule has 0 unspecified atom stereocenters. The second-order valence-electron chi connectivity index (χ2n) is 8.37. The smallest absolute Gasteiger partial charge is 0.264 e. The molecule has 0 aromatic heterocycles. The van der Waals surface area contributed by atoms with E-state index in [4.69, 9.17) is 21.1 Å². The Morgan fingerprint density at radius 2 is 1.76 bits per heavy atom. The van der Waals surface area contributed by atoms with E-state index in [0.29, 0.717) is 30.1 Å². The van der Waals surface area contributed by atoms with Crippen LogP contribution < -0.4 is 24.0 Å². The number of halogens is 2. The van der Waals surface area contributed by atoms with Crippen LogP contribution in [0.15, 0.2) is 65.6 Å². The first-order valence-corrected chi connectivity index (χ1v) is 13.4. The van der Waals surface area contributed by atoms with Crippen LogP contribution in [0.25, 0.3) is 0 Å². The van der Waals surface area contributed by atoms with Gasteiger partial charge in [-0.15, -0.1) is 0 Å². The SMILES string of the molecule is COc1ccc(S(=O)(=O)N(CC(=O)Nc2ccc(N3CCCC3=O)cc2)c2ccc(F)c(Cl)c2)cc1OC. The Hall–Kier alpha value is -3.83. The molecule has 1 saturated heterocycles. The molecule has 0 spiro atoms. The maximum atomic E-state index is 13.8. The third kappa shape index (κ3) is 5.68. The van der Waals surface area contributed by atoms with E-state index in [-0.39, 0.29) is 27.3 Å². The molecule has 0 saturated carbocycles. The van der Waals surface area contributed by atoms with Crippen molar-refractivity contribution in [2.45, 2.75) is 17.7 Å². The average Bonchev–Trinajstić information content (AvgIpc) is 3.34. The van der Waals surface area contributed by atoms with Crippen LogP contribution in [-0.2, 0) is 19.6 Å². The van der Waals surface area contributed by atoms with Gasteiger partial charge in [-0.3, -0.25) is 13.9 Å². The summed E-state index contributed by atoms with van der Waals surface area (Å²) in [5.74, 6) is -0.860. The molecule has 12 heteroatoms. The number of amides is 2. The number of carbonyl (C=O) groups excluding carboxylic acids is 2. The summed E-state index contributed by atoms with van der Waals surface area (Å²) in [7, 11) is -1.56. The van der Waals surface area contributed by atoms with Gasteiger partial charge in [0.25, 0.3) is 10.0 Å². The van der Waals surface area contributed by atoms with E-state index in [2.05, 4.69) is 5.32 Å². The lowest BCUT2D eigenvalue weighted by molar-refractivity contribution is -0.117. The van der Waals surface area contributed by atoms with Crippen LogP contribution in [-0.4, -0.2) is 47.5 Å². The molecule has 2 amide bonds. The van der Waals surface area contributed by atoms with Gasteiger partial charge in [-0.25, -0.2) is 12.8 Å². The Labute approximate surface area is 224 Å².